The molecule has 9 heteroatoms. The van der Waals surface area contributed by atoms with E-state index < -0.39 is 16.8 Å². The van der Waals surface area contributed by atoms with Gasteiger partial charge in [-0.05, 0) is 37.8 Å². The Kier molecular flexibility index (Phi) is 6.45. The first-order chi connectivity index (χ1) is 16.4. The van der Waals surface area contributed by atoms with Gasteiger partial charge in [0.25, 0.3) is 11.1 Å². The number of nitrogens with zero attached hydrogens (tertiary/aromatic N) is 5. The first-order valence-corrected chi connectivity index (χ1v) is 12.0. The van der Waals surface area contributed by atoms with E-state index in [1.165, 1.54) is 25.0 Å². The largest absolute Gasteiger partial charge is 0.494 e. The summed E-state index contributed by atoms with van der Waals surface area (Å²) in [6.45, 7) is 8.20. The highest BCUT2D eigenvalue weighted by Gasteiger charge is 2.25. The summed E-state index contributed by atoms with van der Waals surface area (Å²) in [5.41, 5.74) is 0.585. The van der Waals surface area contributed by atoms with Crippen LogP contribution >= 0.6 is 0 Å². The van der Waals surface area contributed by atoms with Gasteiger partial charge >= 0.3 is 5.69 Å². The van der Waals surface area contributed by atoms with Crippen molar-refractivity contribution < 1.29 is 5.11 Å². The Labute approximate surface area is 196 Å². The summed E-state index contributed by atoms with van der Waals surface area (Å²) in [4.78, 5) is 44.9. The van der Waals surface area contributed by atoms with Gasteiger partial charge in [0.2, 0.25) is 11.7 Å². The lowest BCUT2D eigenvalue weighted by Gasteiger charge is -2.14. The van der Waals surface area contributed by atoms with E-state index in [1.807, 2.05) is 45.0 Å². The molecule has 0 bridgehead atoms. The zero-order chi connectivity index (χ0) is 24.6. The van der Waals surface area contributed by atoms with Crippen molar-refractivity contribution in [2.24, 2.45) is 0 Å². The molecule has 3 heterocycles. The molecule has 9 nitrogen and oxygen atoms in total. The molecule has 0 amide bonds. The van der Waals surface area contributed by atoms with Gasteiger partial charge in [0, 0.05) is 13.1 Å². The second-order valence-electron chi connectivity index (χ2n) is 8.59. The summed E-state index contributed by atoms with van der Waals surface area (Å²) in [6.07, 6.45) is 3.76. The van der Waals surface area contributed by atoms with Gasteiger partial charge in [0.05, 0.1) is 11.3 Å². The van der Waals surface area contributed by atoms with E-state index in [1.54, 1.807) is 0 Å². The number of unbranched alkanes of at least 4 members (excludes halogenated alkanes) is 2. The topological polar surface area (TPSA) is 104 Å². The van der Waals surface area contributed by atoms with Gasteiger partial charge < -0.3 is 5.11 Å². The Balaban J connectivity index is 2.24. The van der Waals surface area contributed by atoms with Crippen LogP contribution in [-0.4, -0.2) is 28.2 Å². The summed E-state index contributed by atoms with van der Waals surface area (Å²) < 4.78 is 5.47. The molecule has 0 fully saturated rings. The standard InChI is InChI=1S/C25H31N5O4/c1-5-8-14-27-20-19(23(33)28(25(27)34)15-9-6-2)30-22(32)16(4)21(31)29(24(30)26-20)18-13-11-10-12-17(18)7-3/h10-13,32H,5-9,14-15H2,1-4H3. The molecule has 1 aromatic carbocycles. The van der Waals surface area contributed by atoms with Gasteiger partial charge in [0.1, 0.15) is 0 Å². The lowest BCUT2D eigenvalue weighted by Crippen LogP contribution is -2.40. The Morgan fingerprint density at radius 1 is 0.912 bits per heavy atom. The summed E-state index contributed by atoms with van der Waals surface area (Å²) in [5, 5.41) is 11.0. The number of imidazole rings is 1. The van der Waals surface area contributed by atoms with Gasteiger partial charge in [-0.3, -0.25) is 18.7 Å². The molecule has 0 radical (unpaired) electrons. The highest BCUT2D eigenvalue weighted by Crippen LogP contribution is 2.24. The quantitative estimate of drug-likeness (QED) is 0.431. The fourth-order valence-corrected chi connectivity index (χ4v) is 4.38. The minimum Gasteiger partial charge on any atom is -0.494 e. The Morgan fingerprint density at radius 3 is 2.21 bits per heavy atom. The van der Waals surface area contributed by atoms with Crippen LogP contribution in [0.3, 0.4) is 0 Å². The van der Waals surface area contributed by atoms with E-state index in [0.29, 0.717) is 25.1 Å². The van der Waals surface area contributed by atoms with Gasteiger partial charge in [-0.1, -0.05) is 51.8 Å². The minimum absolute atomic E-state index is 0.100. The van der Waals surface area contributed by atoms with Crippen LogP contribution in [0.5, 0.6) is 5.88 Å². The van der Waals surface area contributed by atoms with Crippen molar-refractivity contribution in [3.05, 3.63) is 66.6 Å². The van der Waals surface area contributed by atoms with Gasteiger partial charge in [-0.2, -0.15) is 4.98 Å². The van der Waals surface area contributed by atoms with Gasteiger partial charge in [-0.25, -0.2) is 13.8 Å². The summed E-state index contributed by atoms with van der Waals surface area (Å²) in [6, 6.07) is 7.48. The molecule has 180 valence electrons. The molecule has 4 aromatic rings. The Hall–Kier alpha value is -3.62. The van der Waals surface area contributed by atoms with E-state index in [2.05, 4.69) is 4.98 Å². The van der Waals surface area contributed by atoms with Crippen LogP contribution in [0, 0.1) is 6.92 Å². The second-order valence-corrected chi connectivity index (χ2v) is 8.59. The van der Waals surface area contributed by atoms with Crippen LogP contribution in [0.1, 0.15) is 57.6 Å². The van der Waals surface area contributed by atoms with Crippen molar-refractivity contribution in [2.45, 2.75) is 72.9 Å². The molecule has 0 aliphatic carbocycles. The molecular weight excluding hydrogens is 434 g/mol. The Morgan fingerprint density at radius 2 is 1.56 bits per heavy atom. The average Bonchev–Trinajstić information content (AvgIpc) is 3.23. The molecule has 0 saturated heterocycles. The predicted octanol–water partition coefficient (Wildman–Crippen LogP) is 3.14. The number of hydrogen-bond donors (Lipinski definition) is 1. The van der Waals surface area contributed by atoms with E-state index in [9.17, 15) is 19.5 Å². The van der Waals surface area contributed by atoms with Crippen LogP contribution in [0.4, 0.5) is 0 Å². The molecule has 0 spiro atoms. The van der Waals surface area contributed by atoms with Crippen LogP contribution < -0.4 is 16.8 Å². The number of aryl methyl sites for hydroxylation is 2. The molecule has 0 aliphatic heterocycles. The maximum Gasteiger partial charge on any atom is 0.332 e. The average molecular weight is 466 g/mol. The van der Waals surface area contributed by atoms with Crippen LogP contribution in [0.2, 0.25) is 0 Å². The normalized spacial score (nSPS) is 11.6. The third-order valence-electron chi connectivity index (χ3n) is 6.36. The number of hydrogen-bond acceptors (Lipinski definition) is 5. The zero-order valence-corrected chi connectivity index (χ0v) is 20.2. The maximum absolute atomic E-state index is 13.6. The number of rotatable bonds is 8. The zero-order valence-electron chi connectivity index (χ0n) is 20.2. The first kappa shape index (κ1) is 23.5. The monoisotopic (exact) mass is 465 g/mol. The van der Waals surface area contributed by atoms with Gasteiger partial charge in [0.15, 0.2) is 11.2 Å². The summed E-state index contributed by atoms with van der Waals surface area (Å²) in [5.74, 6) is -0.230. The van der Waals surface area contributed by atoms with Crippen molar-refractivity contribution in [1.29, 1.82) is 0 Å². The number of fused-ring (bicyclic) bond motifs is 3. The van der Waals surface area contributed by atoms with E-state index in [0.717, 1.165) is 24.8 Å². The van der Waals surface area contributed by atoms with E-state index >= 15 is 0 Å². The van der Waals surface area contributed by atoms with Gasteiger partial charge in [-0.15, -0.1) is 0 Å². The number of benzene rings is 1. The molecule has 3 aromatic heterocycles. The van der Waals surface area contributed by atoms with Crippen molar-refractivity contribution in [2.75, 3.05) is 0 Å². The Bertz CT molecular complexity index is 1550. The number of para-hydroxylation sites is 1. The number of aromatic hydroxyl groups is 1. The molecule has 34 heavy (non-hydrogen) atoms. The fourth-order valence-electron chi connectivity index (χ4n) is 4.38. The maximum atomic E-state index is 13.6. The highest BCUT2D eigenvalue weighted by atomic mass is 16.3. The van der Waals surface area contributed by atoms with Crippen molar-refractivity contribution >= 4 is 16.9 Å². The second kappa shape index (κ2) is 9.32. The lowest BCUT2D eigenvalue weighted by atomic mass is 10.1. The molecule has 0 unspecified atom stereocenters. The van der Waals surface area contributed by atoms with E-state index in [-0.39, 0.29) is 34.9 Å². The summed E-state index contributed by atoms with van der Waals surface area (Å²) >= 11 is 0. The SMILES string of the molecule is CCCCn1c(=O)c2c(nc3n(-c4ccccc4CC)c(=O)c(C)c(O)n23)n(CCCC)c1=O. The van der Waals surface area contributed by atoms with Crippen molar-refractivity contribution in [3.63, 3.8) is 0 Å². The molecule has 0 saturated carbocycles. The lowest BCUT2D eigenvalue weighted by molar-refractivity contribution is 0.439. The fraction of sp³-hybridized carbons (Fsp3) is 0.440. The summed E-state index contributed by atoms with van der Waals surface area (Å²) in [7, 11) is 0. The van der Waals surface area contributed by atoms with Crippen molar-refractivity contribution in [1.82, 2.24) is 23.1 Å². The third-order valence-corrected chi connectivity index (χ3v) is 6.36. The molecular formula is C25H31N5O4. The number of aromatic nitrogens is 5. The molecule has 0 atom stereocenters. The smallest absolute Gasteiger partial charge is 0.332 e. The van der Waals surface area contributed by atoms with Crippen molar-refractivity contribution in [3.8, 4) is 11.6 Å². The highest BCUT2D eigenvalue weighted by molar-refractivity contribution is 5.77. The molecule has 1 N–H and O–H groups in total. The first-order valence-electron chi connectivity index (χ1n) is 12.0. The predicted molar refractivity (Wildman–Crippen MR) is 132 cm³/mol. The van der Waals surface area contributed by atoms with E-state index in [4.69, 9.17) is 0 Å². The molecule has 0 aliphatic rings. The van der Waals surface area contributed by atoms with Crippen LogP contribution in [0.15, 0.2) is 38.6 Å². The molecule has 4 rings (SSSR count). The third kappa shape index (κ3) is 3.55. The van der Waals surface area contributed by atoms with Crippen LogP contribution in [0.25, 0.3) is 22.6 Å². The van der Waals surface area contributed by atoms with Crippen LogP contribution in [-0.2, 0) is 19.5 Å². The minimum atomic E-state index is -0.516.